The maximum absolute atomic E-state index is 12.0. The van der Waals surface area contributed by atoms with Gasteiger partial charge in [0.2, 0.25) is 0 Å². The van der Waals surface area contributed by atoms with Crippen molar-refractivity contribution in [1.82, 2.24) is 15.6 Å². The van der Waals surface area contributed by atoms with Gasteiger partial charge in [0.15, 0.2) is 5.70 Å². The van der Waals surface area contributed by atoms with Gasteiger partial charge in [-0.3, -0.25) is 5.01 Å². The minimum Gasteiger partial charge on any atom is -0.283 e. The number of alkyl halides is 6. The number of allylic oxidation sites excluding steroid dienone is 1. The van der Waals surface area contributed by atoms with Gasteiger partial charge in [0.05, 0.1) is 13.2 Å². The largest absolute Gasteiger partial charge is 0.500 e. The van der Waals surface area contributed by atoms with Crippen molar-refractivity contribution in [2.75, 3.05) is 0 Å². The number of halogens is 6. The van der Waals surface area contributed by atoms with Crippen molar-refractivity contribution >= 4 is 0 Å². The van der Waals surface area contributed by atoms with E-state index in [1.165, 1.54) is 5.53 Å². The number of nitrogens with zero attached hydrogens (tertiary/aromatic N) is 2. The van der Waals surface area contributed by atoms with Gasteiger partial charge in [0.1, 0.15) is 0 Å². The average molecular weight is 220 g/mol. The highest BCUT2D eigenvalue weighted by molar-refractivity contribution is 5.10. The van der Waals surface area contributed by atoms with Gasteiger partial charge in [0.25, 0.3) is 0 Å². The van der Waals surface area contributed by atoms with Crippen LogP contribution in [-0.2, 0) is 0 Å². The monoisotopic (exact) mass is 220 g/mol. The predicted molar refractivity (Wildman–Crippen MR) is 32.4 cm³/mol. The van der Waals surface area contributed by atoms with Crippen molar-refractivity contribution in [3.63, 3.8) is 0 Å². The summed E-state index contributed by atoms with van der Waals surface area (Å²) in [5.41, 5.74) is -0.150. The SMILES string of the molecule is [CH2]N1NN(C(F)(F)F)C=C1C(F)(F)F. The van der Waals surface area contributed by atoms with E-state index in [-0.39, 0.29) is 11.2 Å². The van der Waals surface area contributed by atoms with Crippen LogP contribution in [0.15, 0.2) is 11.9 Å². The molecule has 0 saturated heterocycles. The average Bonchev–Trinajstić information content (AvgIpc) is 2.27. The van der Waals surface area contributed by atoms with E-state index >= 15 is 0 Å². The Kier molecular flexibility index (Phi) is 2.30. The second-order valence-electron chi connectivity index (χ2n) is 2.38. The van der Waals surface area contributed by atoms with E-state index in [0.717, 1.165) is 0 Å². The molecule has 0 aliphatic carbocycles. The van der Waals surface area contributed by atoms with Crippen LogP contribution in [0.4, 0.5) is 26.3 Å². The maximum Gasteiger partial charge on any atom is 0.500 e. The Hall–Kier alpha value is -1.12. The number of nitrogens with one attached hydrogen (secondary N) is 1. The lowest BCUT2D eigenvalue weighted by Gasteiger charge is -2.22. The molecule has 0 spiro atoms. The molecule has 9 heteroatoms. The van der Waals surface area contributed by atoms with Gasteiger partial charge in [-0.25, -0.2) is 5.01 Å². The van der Waals surface area contributed by atoms with Gasteiger partial charge in [-0.2, -0.15) is 13.2 Å². The van der Waals surface area contributed by atoms with Gasteiger partial charge < -0.3 is 0 Å². The third-order valence-electron chi connectivity index (χ3n) is 1.33. The fourth-order valence-corrected chi connectivity index (χ4v) is 0.761. The molecule has 14 heavy (non-hydrogen) atoms. The Balaban J connectivity index is 2.89. The molecular weight excluding hydrogens is 216 g/mol. The standard InChI is InChI=1S/C5H4F6N3/c1-13-3(4(6,7)8)2-14(12-13)5(9,10)11/h2,12H,1H2. The maximum atomic E-state index is 12.0. The highest BCUT2D eigenvalue weighted by Gasteiger charge is 2.47. The summed E-state index contributed by atoms with van der Waals surface area (Å²) >= 11 is 0. The smallest absolute Gasteiger partial charge is 0.283 e. The van der Waals surface area contributed by atoms with Crippen LogP contribution in [-0.4, -0.2) is 22.5 Å². The molecule has 0 atom stereocenters. The molecule has 3 nitrogen and oxygen atoms in total. The van der Waals surface area contributed by atoms with E-state index in [1.54, 1.807) is 0 Å². The number of hydrazine groups is 2. The van der Waals surface area contributed by atoms with Gasteiger partial charge >= 0.3 is 12.5 Å². The second-order valence-corrected chi connectivity index (χ2v) is 2.38. The fraction of sp³-hybridized carbons (Fsp3) is 0.400. The van der Waals surface area contributed by atoms with Crippen LogP contribution in [0, 0.1) is 7.05 Å². The quantitative estimate of drug-likeness (QED) is 0.495. The van der Waals surface area contributed by atoms with Crippen molar-refractivity contribution in [1.29, 1.82) is 0 Å². The normalized spacial score (nSPS) is 18.9. The zero-order chi connectivity index (χ0) is 11.1. The summed E-state index contributed by atoms with van der Waals surface area (Å²) < 4.78 is 71.6. The molecule has 1 aliphatic rings. The van der Waals surface area contributed by atoms with Crippen LogP contribution < -0.4 is 5.53 Å². The first-order valence-corrected chi connectivity index (χ1v) is 3.14. The van der Waals surface area contributed by atoms with E-state index in [2.05, 4.69) is 7.05 Å². The molecule has 1 N–H and O–H groups in total. The van der Waals surface area contributed by atoms with Crippen LogP contribution in [0.1, 0.15) is 0 Å². The summed E-state index contributed by atoms with van der Waals surface area (Å²) in [6, 6.07) is 0. The lowest BCUT2D eigenvalue weighted by atomic mass is 10.4. The number of hydrogen-bond acceptors (Lipinski definition) is 3. The fourth-order valence-electron chi connectivity index (χ4n) is 0.761. The van der Waals surface area contributed by atoms with E-state index < -0.39 is 23.2 Å². The van der Waals surface area contributed by atoms with Gasteiger partial charge in [0, 0.05) is 0 Å². The lowest BCUT2D eigenvalue weighted by Crippen LogP contribution is -2.45. The molecule has 1 rings (SSSR count). The molecule has 0 aromatic heterocycles. The molecule has 1 radical (unpaired) electrons. The highest BCUT2D eigenvalue weighted by atomic mass is 19.4. The summed E-state index contributed by atoms with van der Waals surface area (Å²) in [4.78, 5) is 0. The third kappa shape index (κ3) is 2.03. The Bertz CT molecular complexity index is 253. The first-order valence-electron chi connectivity index (χ1n) is 3.14. The first kappa shape index (κ1) is 11.0. The molecule has 0 amide bonds. The van der Waals surface area contributed by atoms with E-state index in [9.17, 15) is 26.3 Å². The molecular formula is C5H4F6N3. The van der Waals surface area contributed by atoms with E-state index in [0.29, 0.717) is 0 Å². The number of rotatable bonds is 0. The molecule has 0 aromatic rings. The molecule has 0 fully saturated rings. The first-order chi connectivity index (χ1) is 6.12. The minimum atomic E-state index is -4.93. The van der Waals surface area contributed by atoms with E-state index in [1.807, 2.05) is 0 Å². The Morgan fingerprint density at radius 2 is 1.64 bits per heavy atom. The van der Waals surface area contributed by atoms with Crippen LogP contribution in [0.2, 0.25) is 0 Å². The summed E-state index contributed by atoms with van der Waals surface area (Å²) in [7, 11) is 2.74. The second kappa shape index (κ2) is 2.94. The third-order valence-corrected chi connectivity index (χ3v) is 1.33. The summed E-state index contributed by atoms with van der Waals surface area (Å²) in [5.74, 6) is 0. The van der Waals surface area contributed by atoms with Crippen LogP contribution >= 0.6 is 0 Å². The zero-order valence-electron chi connectivity index (χ0n) is 6.45. The Labute approximate surface area is 74.5 Å². The Morgan fingerprint density at radius 3 is 1.86 bits per heavy atom. The molecule has 81 valence electrons. The highest BCUT2D eigenvalue weighted by Crippen LogP contribution is 2.33. The molecule has 0 saturated carbocycles. The summed E-state index contributed by atoms with van der Waals surface area (Å²) in [6.45, 7) is 0. The van der Waals surface area contributed by atoms with Crippen LogP contribution in [0.25, 0.3) is 0 Å². The molecule has 1 aliphatic heterocycles. The van der Waals surface area contributed by atoms with Crippen molar-refractivity contribution < 1.29 is 26.3 Å². The van der Waals surface area contributed by atoms with Gasteiger partial charge in [-0.1, -0.05) is 0 Å². The molecule has 0 unspecified atom stereocenters. The topological polar surface area (TPSA) is 18.5 Å². The van der Waals surface area contributed by atoms with Crippen LogP contribution in [0.3, 0.4) is 0 Å². The van der Waals surface area contributed by atoms with Crippen molar-refractivity contribution in [3.05, 3.63) is 18.9 Å². The van der Waals surface area contributed by atoms with Crippen LogP contribution in [0.5, 0.6) is 0 Å². The van der Waals surface area contributed by atoms with Crippen molar-refractivity contribution in [2.45, 2.75) is 12.5 Å². The van der Waals surface area contributed by atoms with Crippen molar-refractivity contribution in [3.8, 4) is 0 Å². The minimum absolute atomic E-state index is 0.00646. The molecule has 0 bridgehead atoms. The number of hydrogen-bond donors (Lipinski definition) is 1. The predicted octanol–water partition coefficient (Wildman–Crippen LogP) is 1.74. The molecule has 1 heterocycles. The van der Waals surface area contributed by atoms with Crippen molar-refractivity contribution in [2.24, 2.45) is 0 Å². The van der Waals surface area contributed by atoms with E-state index in [4.69, 9.17) is 0 Å². The summed E-state index contributed by atoms with van der Waals surface area (Å²) in [6.07, 6.45) is -9.93. The van der Waals surface area contributed by atoms with Gasteiger partial charge in [-0.15, -0.1) is 18.7 Å². The zero-order valence-corrected chi connectivity index (χ0v) is 6.45. The van der Waals surface area contributed by atoms with Gasteiger partial charge in [-0.05, 0) is 0 Å². The summed E-state index contributed by atoms with van der Waals surface area (Å²) in [5, 5.41) is -0.643. The molecule has 0 aromatic carbocycles. The Morgan fingerprint density at radius 1 is 1.14 bits per heavy atom. The lowest BCUT2D eigenvalue weighted by molar-refractivity contribution is -0.251.